The summed E-state index contributed by atoms with van der Waals surface area (Å²) in [7, 11) is 1.84. The van der Waals surface area contributed by atoms with Crippen LogP contribution in [0, 0.1) is 6.92 Å². The highest BCUT2D eigenvalue weighted by atomic mass is 19.3. The molecule has 0 fully saturated rings. The van der Waals surface area contributed by atoms with Crippen molar-refractivity contribution < 1.29 is 13.6 Å². The van der Waals surface area contributed by atoms with E-state index < -0.39 is 12.5 Å². The van der Waals surface area contributed by atoms with Gasteiger partial charge in [0.15, 0.2) is 0 Å². The largest absolute Gasteiger partial charge is 0.351 e. The second-order valence-electron chi connectivity index (χ2n) is 4.89. The van der Waals surface area contributed by atoms with Gasteiger partial charge < -0.3 is 5.32 Å². The van der Waals surface area contributed by atoms with Gasteiger partial charge in [0.2, 0.25) is 0 Å². The summed E-state index contributed by atoms with van der Waals surface area (Å²) >= 11 is 0. The molecule has 0 saturated carbocycles. The molecule has 0 radical (unpaired) electrons. The van der Waals surface area contributed by atoms with E-state index in [1.54, 1.807) is 17.8 Å². The standard InChI is InChI=1S/C14H18F2N4O/c1-10-5-6-12(20(10)14(15)16)13(21)17-7-3-4-11-8-18-19(2)9-11/h5-6,8-9,14H,3-4,7H2,1-2H3,(H,17,21). The van der Waals surface area contributed by atoms with Crippen molar-refractivity contribution in [3.8, 4) is 0 Å². The Kier molecular flexibility index (Phi) is 4.72. The number of hydrogen-bond donors (Lipinski definition) is 1. The maximum atomic E-state index is 12.9. The molecule has 0 atom stereocenters. The van der Waals surface area contributed by atoms with Crippen molar-refractivity contribution in [3.05, 3.63) is 41.5 Å². The highest BCUT2D eigenvalue weighted by molar-refractivity contribution is 5.92. The van der Waals surface area contributed by atoms with Crippen molar-refractivity contribution in [1.29, 1.82) is 0 Å². The van der Waals surface area contributed by atoms with Crippen LogP contribution in [-0.2, 0) is 13.5 Å². The van der Waals surface area contributed by atoms with Crippen molar-refractivity contribution in [2.75, 3.05) is 6.54 Å². The third-order valence-electron chi connectivity index (χ3n) is 3.24. The smallest absolute Gasteiger partial charge is 0.319 e. The molecule has 7 heteroatoms. The quantitative estimate of drug-likeness (QED) is 0.832. The van der Waals surface area contributed by atoms with Gasteiger partial charge in [-0.2, -0.15) is 13.9 Å². The van der Waals surface area contributed by atoms with Gasteiger partial charge in [-0.25, -0.2) is 0 Å². The monoisotopic (exact) mass is 296 g/mol. The van der Waals surface area contributed by atoms with Crippen LogP contribution in [0.4, 0.5) is 8.78 Å². The van der Waals surface area contributed by atoms with E-state index in [-0.39, 0.29) is 5.69 Å². The van der Waals surface area contributed by atoms with Crippen LogP contribution >= 0.6 is 0 Å². The summed E-state index contributed by atoms with van der Waals surface area (Å²) < 4.78 is 28.2. The summed E-state index contributed by atoms with van der Waals surface area (Å²) in [5.74, 6) is -0.477. The minimum Gasteiger partial charge on any atom is -0.351 e. The molecule has 0 saturated heterocycles. The number of alkyl halides is 2. The fourth-order valence-corrected chi connectivity index (χ4v) is 2.18. The lowest BCUT2D eigenvalue weighted by molar-refractivity contribution is 0.0618. The molecule has 0 aliphatic heterocycles. The SMILES string of the molecule is Cc1ccc(C(=O)NCCCc2cnn(C)c2)n1C(F)F. The van der Waals surface area contributed by atoms with Gasteiger partial charge in [-0.1, -0.05) is 0 Å². The molecule has 0 aliphatic carbocycles. The fraction of sp³-hybridized carbons (Fsp3) is 0.429. The zero-order valence-corrected chi connectivity index (χ0v) is 12.0. The van der Waals surface area contributed by atoms with Crippen molar-refractivity contribution in [1.82, 2.24) is 19.7 Å². The number of nitrogens with one attached hydrogen (secondary N) is 1. The fourth-order valence-electron chi connectivity index (χ4n) is 2.18. The number of aromatic nitrogens is 3. The summed E-state index contributed by atoms with van der Waals surface area (Å²) in [6.07, 6.45) is 5.19. The van der Waals surface area contributed by atoms with Crippen LogP contribution in [0.15, 0.2) is 24.5 Å². The van der Waals surface area contributed by atoms with E-state index in [9.17, 15) is 13.6 Å². The number of nitrogens with zero attached hydrogens (tertiary/aromatic N) is 3. The zero-order chi connectivity index (χ0) is 15.4. The van der Waals surface area contributed by atoms with Crippen LogP contribution in [0.3, 0.4) is 0 Å². The minimum atomic E-state index is -2.71. The molecule has 0 unspecified atom stereocenters. The Labute approximate surface area is 121 Å². The van der Waals surface area contributed by atoms with Crippen molar-refractivity contribution >= 4 is 5.91 Å². The first kappa shape index (κ1) is 15.2. The van der Waals surface area contributed by atoms with Crippen LogP contribution in [0.1, 0.15) is 34.7 Å². The molecule has 21 heavy (non-hydrogen) atoms. The van der Waals surface area contributed by atoms with Crippen LogP contribution in [0.2, 0.25) is 0 Å². The molecule has 114 valence electrons. The molecule has 2 aromatic rings. The Morgan fingerprint density at radius 1 is 1.43 bits per heavy atom. The summed E-state index contributed by atoms with van der Waals surface area (Å²) in [5, 5.41) is 6.72. The Morgan fingerprint density at radius 2 is 2.19 bits per heavy atom. The van der Waals surface area contributed by atoms with E-state index in [2.05, 4.69) is 10.4 Å². The Bertz CT molecular complexity index is 618. The molecule has 2 rings (SSSR count). The predicted octanol–water partition coefficient (Wildman–Crippen LogP) is 2.29. The molecular weight excluding hydrogens is 278 g/mol. The van der Waals surface area contributed by atoms with Crippen LogP contribution in [0.25, 0.3) is 0 Å². The number of carbonyl (C=O) groups is 1. The highest BCUT2D eigenvalue weighted by Crippen LogP contribution is 2.18. The zero-order valence-electron chi connectivity index (χ0n) is 12.0. The van der Waals surface area contributed by atoms with Gasteiger partial charge in [-0.15, -0.1) is 0 Å². The second kappa shape index (κ2) is 6.51. The predicted molar refractivity (Wildman–Crippen MR) is 74.3 cm³/mol. The molecule has 0 aromatic carbocycles. The third kappa shape index (κ3) is 3.68. The Hall–Kier alpha value is -2.18. The number of rotatable bonds is 6. The van der Waals surface area contributed by atoms with E-state index in [0.717, 1.165) is 23.0 Å². The Morgan fingerprint density at radius 3 is 2.81 bits per heavy atom. The van der Waals surface area contributed by atoms with Crippen LogP contribution in [-0.4, -0.2) is 26.8 Å². The molecule has 0 aliphatic rings. The van der Waals surface area contributed by atoms with E-state index in [1.165, 1.54) is 12.1 Å². The van der Waals surface area contributed by atoms with Gasteiger partial charge in [0.1, 0.15) is 5.69 Å². The lowest BCUT2D eigenvalue weighted by atomic mass is 10.2. The first-order valence-corrected chi connectivity index (χ1v) is 6.70. The molecular formula is C14H18F2N4O. The maximum Gasteiger partial charge on any atom is 0.319 e. The summed E-state index contributed by atoms with van der Waals surface area (Å²) in [5.41, 5.74) is 1.44. The van der Waals surface area contributed by atoms with E-state index >= 15 is 0 Å². The average Bonchev–Trinajstić information content (AvgIpc) is 3.00. The van der Waals surface area contributed by atoms with Gasteiger partial charge >= 0.3 is 6.55 Å². The maximum absolute atomic E-state index is 12.9. The molecule has 0 bridgehead atoms. The molecule has 2 heterocycles. The van der Waals surface area contributed by atoms with Crippen LogP contribution < -0.4 is 5.32 Å². The van der Waals surface area contributed by atoms with Gasteiger partial charge in [-0.05, 0) is 37.5 Å². The van der Waals surface area contributed by atoms with Gasteiger partial charge in [0.25, 0.3) is 5.91 Å². The lowest BCUT2D eigenvalue weighted by Gasteiger charge is -2.10. The van der Waals surface area contributed by atoms with Gasteiger partial charge in [-0.3, -0.25) is 14.0 Å². The third-order valence-corrected chi connectivity index (χ3v) is 3.24. The minimum absolute atomic E-state index is 0.0103. The van der Waals surface area contributed by atoms with E-state index in [4.69, 9.17) is 0 Å². The van der Waals surface area contributed by atoms with Crippen molar-refractivity contribution in [2.45, 2.75) is 26.3 Å². The number of aryl methyl sites for hydroxylation is 3. The van der Waals surface area contributed by atoms with E-state index in [1.807, 2.05) is 13.2 Å². The first-order valence-electron chi connectivity index (χ1n) is 6.70. The first-order chi connectivity index (χ1) is 9.99. The van der Waals surface area contributed by atoms with Crippen molar-refractivity contribution in [2.24, 2.45) is 7.05 Å². The summed E-state index contributed by atoms with van der Waals surface area (Å²) in [4.78, 5) is 11.9. The molecule has 5 nitrogen and oxygen atoms in total. The number of carbonyl (C=O) groups excluding carboxylic acids is 1. The van der Waals surface area contributed by atoms with Crippen molar-refractivity contribution in [3.63, 3.8) is 0 Å². The lowest BCUT2D eigenvalue weighted by Crippen LogP contribution is -2.27. The molecule has 0 spiro atoms. The second-order valence-corrected chi connectivity index (χ2v) is 4.89. The molecule has 1 amide bonds. The summed E-state index contributed by atoms with van der Waals surface area (Å²) in [6, 6.07) is 2.93. The molecule has 1 N–H and O–H groups in total. The summed E-state index contributed by atoms with van der Waals surface area (Å²) in [6.45, 7) is -0.733. The average molecular weight is 296 g/mol. The van der Waals surface area contributed by atoms with E-state index in [0.29, 0.717) is 12.2 Å². The number of hydrogen-bond acceptors (Lipinski definition) is 2. The van der Waals surface area contributed by atoms with Gasteiger partial charge in [0.05, 0.1) is 6.20 Å². The van der Waals surface area contributed by atoms with Gasteiger partial charge in [0, 0.05) is 25.5 Å². The number of halogens is 2. The Balaban J connectivity index is 1.85. The molecule has 2 aromatic heterocycles. The number of amides is 1. The topological polar surface area (TPSA) is 51.9 Å². The normalized spacial score (nSPS) is 11.1. The highest BCUT2D eigenvalue weighted by Gasteiger charge is 2.18. The van der Waals surface area contributed by atoms with Crippen LogP contribution in [0.5, 0.6) is 0 Å².